The van der Waals surface area contributed by atoms with E-state index in [0.29, 0.717) is 37.0 Å². The van der Waals surface area contributed by atoms with Crippen LogP contribution in [0, 0.1) is 0 Å². The number of hydrogen-bond donors (Lipinski definition) is 1. The Bertz CT molecular complexity index is 1590. The third-order valence-corrected chi connectivity index (χ3v) is 7.25. The Kier molecular flexibility index (Phi) is 11.1. The number of anilines is 1. The molecule has 1 aliphatic carbocycles. The standard InChI is InChI=1S/C34H36ClN5O3/c35-28-12-15-31-32(17-18-36-33(31)23-28)37-19-22-42-25-29-24-40(39-38-29)20-5-1-2-6-21-43-30-13-10-27(11-14-30)34(41)16-9-26-7-3-4-8-26/h3,7-18,23-24H,1-2,4-6,19-22,25H2,(H,36,37)/b16-9+. The topological polar surface area (TPSA) is 91.2 Å². The normalized spacial score (nSPS) is 12.7. The van der Waals surface area contributed by atoms with Gasteiger partial charge in [-0.05, 0) is 85.9 Å². The van der Waals surface area contributed by atoms with Crippen LogP contribution < -0.4 is 10.1 Å². The first-order chi connectivity index (χ1) is 21.1. The van der Waals surface area contributed by atoms with Crippen LogP contribution >= 0.6 is 11.6 Å². The largest absolute Gasteiger partial charge is 0.494 e. The number of hydrogen-bond acceptors (Lipinski definition) is 7. The van der Waals surface area contributed by atoms with Gasteiger partial charge >= 0.3 is 0 Å². The van der Waals surface area contributed by atoms with E-state index in [1.165, 1.54) is 0 Å². The van der Waals surface area contributed by atoms with Gasteiger partial charge in [0.2, 0.25) is 0 Å². The number of unbranched alkanes of at least 4 members (excludes halogenated alkanes) is 3. The Hall–Kier alpha value is -4.27. The van der Waals surface area contributed by atoms with Crippen molar-refractivity contribution in [3.8, 4) is 5.75 Å². The zero-order valence-electron chi connectivity index (χ0n) is 24.1. The van der Waals surface area contributed by atoms with Crippen molar-refractivity contribution in [2.75, 3.05) is 25.1 Å². The molecule has 0 spiro atoms. The Labute approximate surface area is 257 Å². The Morgan fingerprint density at radius 2 is 1.93 bits per heavy atom. The molecule has 2 aromatic carbocycles. The smallest absolute Gasteiger partial charge is 0.185 e. The second-order valence-corrected chi connectivity index (χ2v) is 10.7. The van der Waals surface area contributed by atoms with Gasteiger partial charge in [0, 0.05) is 40.9 Å². The van der Waals surface area contributed by atoms with Crippen molar-refractivity contribution in [2.24, 2.45) is 0 Å². The van der Waals surface area contributed by atoms with Gasteiger partial charge in [0.15, 0.2) is 5.78 Å². The molecule has 0 aliphatic heterocycles. The van der Waals surface area contributed by atoms with Crippen molar-refractivity contribution in [1.29, 1.82) is 0 Å². The van der Waals surface area contributed by atoms with Crippen molar-refractivity contribution < 1.29 is 14.3 Å². The Balaban J connectivity index is 0.904. The maximum atomic E-state index is 12.3. The van der Waals surface area contributed by atoms with Gasteiger partial charge in [-0.3, -0.25) is 14.5 Å². The highest BCUT2D eigenvalue weighted by Crippen LogP contribution is 2.24. The molecule has 0 radical (unpaired) electrons. The summed E-state index contributed by atoms with van der Waals surface area (Å²) in [5, 5.41) is 13.5. The van der Waals surface area contributed by atoms with Crippen LogP contribution in [0.25, 0.3) is 10.9 Å². The fourth-order valence-electron chi connectivity index (χ4n) is 4.73. The molecular formula is C34H36ClN5O3. The van der Waals surface area contributed by atoms with Crippen molar-refractivity contribution >= 4 is 34.0 Å². The highest BCUT2D eigenvalue weighted by atomic mass is 35.5. The maximum absolute atomic E-state index is 12.3. The average Bonchev–Trinajstić information content (AvgIpc) is 3.72. The van der Waals surface area contributed by atoms with E-state index in [-0.39, 0.29) is 5.78 Å². The van der Waals surface area contributed by atoms with Crippen LogP contribution in [-0.4, -0.2) is 45.5 Å². The molecule has 43 heavy (non-hydrogen) atoms. The molecule has 1 N–H and O–H groups in total. The third kappa shape index (κ3) is 9.36. The van der Waals surface area contributed by atoms with E-state index in [1.807, 2.05) is 71.6 Å². The van der Waals surface area contributed by atoms with E-state index in [1.54, 1.807) is 12.3 Å². The fraction of sp³-hybridized carbons (Fsp3) is 0.294. The highest BCUT2D eigenvalue weighted by molar-refractivity contribution is 6.31. The van der Waals surface area contributed by atoms with Gasteiger partial charge in [-0.25, -0.2) is 0 Å². The molecule has 0 unspecified atom stereocenters. The summed E-state index contributed by atoms with van der Waals surface area (Å²) in [4.78, 5) is 16.7. The zero-order chi connectivity index (χ0) is 29.7. The monoisotopic (exact) mass is 597 g/mol. The number of nitrogens with zero attached hydrogens (tertiary/aromatic N) is 4. The molecule has 222 valence electrons. The average molecular weight is 598 g/mol. The minimum atomic E-state index is -0.00497. The summed E-state index contributed by atoms with van der Waals surface area (Å²) >= 11 is 6.07. The van der Waals surface area contributed by atoms with Crippen molar-refractivity contribution in [3.63, 3.8) is 0 Å². The lowest BCUT2D eigenvalue weighted by molar-refractivity contribution is 0.104. The van der Waals surface area contributed by atoms with Gasteiger partial charge in [-0.2, -0.15) is 0 Å². The predicted molar refractivity (Wildman–Crippen MR) is 171 cm³/mol. The van der Waals surface area contributed by atoms with Crippen LogP contribution in [0.5, 0.6) is 5.75 Å². The van der Waals surface area contributed by atoms with Gasteiger partial charge in [0.05, 0.1) is 31.5 Å². The molecule has 2 aromatic heterocycles. The number of halogens is 1. The Morgan fingerprint density at radius 3 is 2.79 bits per heavy atom. The number of carbonyl (C=O) groups excluding carboxylic acids is 1. The van der Waals surface area contributed by atoms with E-state index >= 15 is 0 Å². The Morgan fingerprint density at radius 1 is 1.05 bits per heavy atom. The molecular weight excluding hydrogens is 562 g/mol. The van der Waals surface area contributed by atoms with Crippen LogP contribution in [0.2, 0.25) is 5.02 Å². The number of allylic oxidation sites excluding steroid dienone is 6. The van der Waals surface area contributed by atoms with Gasteiger partial charge in [-0.1, -0.05) is 47.5 Å². The minimum absolute atomic E-state index is 0.00497. The number of ether oxygens (including phenoxy) is 2. The number of rotatable bonds is 17. The molecule has 0 amide bonds. The number of carbonyl (C=O) groups is 1. The van der Waals surface area contributed by atoms with Gasteiger partial charge in [0.25, 0.3) is 0 Å². The molecule has 2 heterocycles. The fourth-order valence-corrected chi connectivity index (χ4v) is 4.89. The predicted octanol–water partition coefficient (Wildman–Crippen LogP) is 7.37. The lowest BCUT2D eigenvalue weighted by Gasteiger charge is -2.09. The minimum Gasteiger partial charge on any atom is -0.494 e. The highest BCUT2D eigenvalue weighted by Gasteiger charge is 2.05. The number of ketones is 1. The first kappa shape index (κ1) is 30.2. The lowest BCUT2D eigenvalue weighted by atomic mass is 10.1. The second-order valence-electron chi connectivity index (χ2n) is 10.3. The summed E-state index contributed by atoms with van der Waals surface area (Å²) in [5.41, 5.74) is 4.42. The van der Waals surface area contributed by atoms with Crippen molar-refractivity contribution in [2.45, 2.75) is 45.3 Å². The van der Waals surface area contributed by atoms with Gasteiger partial charge < -0.3 is 14.8 Å². The summed E-state index contributed by atoms with van der Waals surface area (Å²) in [6.45, 7) is 3.11. The van der Waals surface area contributed by atoms with Crippen LogP contribution in [0.1, 0.15) is 48.2 Å². The molecule has 1 aliphatic rings. The van der Waals surface area contributed by atoms with E-state index in [9.17, 15) is 4.79 Å². The molecule has 0 bridgehead atoms. The van der Waals surface area contributed by atoms with E-state index in [4.69, 9.17) is 21.1 Å². The maximum Gasteiger partial charge on any atom is 0.185 e. The van der Waals surface area contributed by atoms with Gasteiger partial charge in [0.1, 0.15) is 11.4 Å². The van der Waals surface area contributed by atoms with Crippen LogP contribution in [0.15, 0.2) is 96.9 Å². The molecule has 5 rings (SSSR count). The van der Waals surface area contributed by atoms with Crippen molar-refractivity contribution in [3.05, 3.63) is 113 Å². The number of aromatic nitrogens is 4. The lowest BCUT2D eigenvalue weighted by Crippen LogP contribution is -2.10. The van der Waals surface area contributed by atoms with Crippen LogP contribution in [0.4, 0.5) is 5.69 Å². The van der Waals surface area contributed by atoms with Crippen LogP contribution in [-0.2, 0) is 17.9 Å². The van der Waals surface area contributed by atoms with E-state index in [2.05, 4.69) is 32.8 Å². The zero-order valence-corrected chi connectivity index (χ0v) is 24.9. The second kappa shape index (κ2) is 15.8. The molecule has 9 heteroatoms. The third-order valence-electron chi connectivity index (χ3n) is 7.02. The quantitative estimate of drug-likeness (QED) is 0.0771. The molecule has 0 saturated carbocycles. The van der Waals surface area contributed by atoms with E-state index in [0.717, 1.165) is 72.3 Å². The summed E-state index contributed by atoms with van der Waals surface area (Å²) < 4.78 is 13.5. The van der Waals surface area contributed by atoms with Gasteiger partial charge in [-0.15, -0.1) is 5.10 Å². The number of pyridine rings is 1. The molecule has 0 fully saturated rings. The molecule has 0 atom stereocenters. The van der Waals surface area contributed by atoms with Crippen molar-refractivity contribution in [1.82, 2.24) is 20.0 Å². The number of fused-ring (bicyclic) bond motifs is 1. The summed E-state index contributed by atoms with van der Waals surface area (Å²) in [7, 11) is 0. The molecule has 0 saturated heterocycles. The molecule has 8 nitrogen and oxygen atoms in total. The van der Waals surface area contributed by atoms with E-state index < -0.39 is 0 Å². The number of nitrogens with one attached hydrogen (secondary N) is 1. The summed E-state index contributed by atoms with van der Waals surface area (Å²) in [5.74, 6) is 0.779. The number of aryl methyl sites for hydroxylation is 1. The SMILES string of the molecule is O=C(/C=C/C1=CCC=C1)c1ccc(OCCCCCCn2cc(COCCNc3ccnc4cc(Cl)ccc34)nn2)cc1. The first-order valence-electron chi connectivity index (χ1n) is 14.7. The first-order valence-corrected chi connectivity index (χ1v) is 15.1. The van der Waals surface area contributed by atoms with Crippen LogP contribution in [0.3, 0.4) is 0 Å². The summed E-state index contributed by atoms with van der Waals surface area (Å²) in [6.07, 6.45) is 18.5. The number of benzene rings is 2. The molecule has 4 aromatic rings. The summed E-state index contributed by atoms with van der Waals surface area (Å²) in [6, 6.07) is 15.0.